The first-order valence-electron chi connectivity index (χ1n) is 10.3. The predicted octanol–water partition coefficient (Wildman–Crippen LogP) is 4.37. The van der Waals surface area contributed by atoms with Gasteiger partial charge in [-0.2, -0.15) is 0 Å². The van der Waals surface area contributed by atoms with Crippen LogP contribution in [0.5, 0.6) is 0 Å². The highest BCUT2D eigenvalue weighted by Gasteiger charge is 2.76. The van der Waals surface area contributed by atoms with Crippen LogP contribution >= 0.6 is 0 Å². The van der Waals surface area contributed by atoms with Crippen LogP contribution in [-0.2, 0) is 4.79 Å². The van der Waals surface area contributed by atoms with Gasteiger partial charge in [0.25, 0.3) is 0 Å². The summed E-state index contributed by atoms with van der Waals surface area (Å²) < 4.78 is 0. The SMILES string of the molecule is C[C@@H]1CC2=CC(=O)CC[C@@H]2[C@H]2CC[C@@]3(C)[C@H](C[C@@H]4C[C@@]43[C@H](C)O)[C@@H]21. The monoisotopic (exact) mass is 328 g/mol. The van der Waals surface area contributed by atoms with Gasteiger partial charge in [-0.05, 0) is 92.4 Å². The lowest BCUT2D eigenvalue weighted by molar-refractivity contribution is -0.117. The fourth-order valence-electron chi connectivity index (χ4n) is 8.56. The van der Waals surface area contributed by atoms with Crippen LogP contribution in [0.4, 0.5) is 0 Å². The minimum Gasteiger partial charge on any atom is -0.393 e. The second kappa shape index (κ2) is 4.75. The third-order valence-corrected chi connectivity index (χ3v) is 9.53. The number of aliphatic hydroxyl groups excluding tert-OH is 1. The maximum absolute atomic E-state index is 11.9. The molecule has 0 aromatic rings. The summed E-state index contributed by atoms with van der Waals surface area (Å²) in [5.41, 5.74) is 2.07. The highest BCUT2D eigenvalue weighted by atomic mass is 16.3. The Hall–Kier alpha value is -0.630. The van der Waals surface area contributed by atoms with Crippen LogP contribution in [0.25, 0.3) is 0 Å². The van der Waals surface area contributed by atoms with Gasteiger partial charge >= 0.3 is 0 Å². The van der Waals surface area contributed by atoms with E-state index in [0.717, 1.165) is 42.9 Å². The molecule has 1 N–H and O–H groups in total. The number of rotatable bonds is 1. The molecule has 0 bridgehead atoms. The van der Waals surface area contributed by atoms with Gasteiger partial charge in [-0.1, -0.05) is 19.4 Å². The number of carbonyl (C=O) groups is 1. The van der Waals surface area contributed by atoms with Crippen LogP contribution in [0.1, 0.15) is 65.7 Å². The van der Waals surface area contributed by atoms with E-state index in [1.807, 2.05) is 6.08 Å². The van der Waals surface area contributed by atoms with Crippen molar-refractivity contribution in [3.8, 4) is 0 Å². The van der Waals surface area contributed by atoms with Crippen molar-refractivity contribution in [2.24, 2.45) is 46.3 Å². The van der Waals surface area contributed by atoms with Crippen LogP contribution in [0.3, 0.4) is 0 Å². The first-order valence-corrected chi connectivity index (χ1v) is 10.3. The molecular weight excluding hydrogens is 296 g/mol. The van der Waals surface area contributed by atoms with E-state index in [2.05, 4.69) is 20.8 Å². The first kappa shape index (κ1) is 15.6. The van der Waals surface area contributed by atoms with E-state index in [0.29, 0.717) is 23.0 Å². The largest absolute Gasteiger partial charge is 0.393 e. The molecule has 132 valence electrons. The molecular formula is C22H32O2. The van der Waals surface area contributed by atoms with Crippen LogP contribution in [0.15, 0.2) is 11.6 Å². The van der Waals surface area contributed by atoms with Crippen molar-refractivity contribution in [1.82, 2.24) is 0 Å². The molecule has 0 heterocycles. The van der Waals surface area contributed by atoms with Crippen molar-refractivity contribution in [1.29, 1.82) is 0 Å². The van der Waals surface area contributed by atoms with E-state index in [-0.39, 0.29) is 11.5 Å². The molecule has 5 aliphatic rings. The Kier molecular flexibility index (Phi) is 3.09. The number of allylic oxidation sites excluding steroid dienone is 1. The Morgan fingerprint density at radius 3 is 2.88 bits per heavy atom. The molecule has 0 amide bonds. The Bertz CT molecular complexity index is 619. The summed E-state index contributed by atoms with van der Waals surface area (Å²) in [6, 6.07) is 0. The third-order valence-electron chi connectivity index (χ3n) is 9.53. The van der Waals surface area contributed by atoms with Crippen LogP contribution in [-0.4, -0.2) is 17.0 Å². The Morgan fingerprint density at radius 1 is 1.33 bits per heavy atom. The summed E-state index contributed by atoms with van der Waals surface area (Å²) in [4.78, 5) is 11.9. The quantitative estimate of drug-likeness (QED) is 0.776. The number of carbonyl (C=O) groups excluding carboxylic acids is 1. The van der Waals surface area contributed by atoms with Crippen molar-refractivity contribution in [2.75, 3.05) is 0 Å². The zero-order valence-electron chi connectivity index (χ0n) is 15.4. The van der Waals surface area contributed by atoms with Gasteiger partial charge < -0.3 is 5.11 Å². The number of hydrogen-bond acceptors (Lipinski definition) is 2. The molecule has 5 rings (SSSR count). The minimum absolute atomic E-state index is 0.143. The van der Waals surface area contributed by atoms with Crippen molar-refractivity contribution in [3.63, 3.8) is 0 Å². The summed E-state index contributed by atoms with van der Waals surface area (Å²) >= 11 is 0. The molecule has 5 aliphatic carbocycles. The number of hydrogen-bond donors (Lipinski definition) is 1. The van der Waals surface area contributed by atoms with E-state index < -0.39 is 0 Å². The molecule has 0 aromatic heterocycles. The molecule has 0 aliphatic heterocycles. The van der Waals surface area contributed by atoms with E-state index in [1.165, 1.54) is 31.3 Å². The normalized spacial score (nSPS) is 56.5. The summed E-state index contributed by atoms with van der Waals surface area (Å²) in [6.07, 6.45) is 10.1. The van der Waals surface area contributed by atoms with Crippen LogP contribution < -0.4 is 0 Å². The van der Waals surface area contributed by atoms with E-state index in [4.69, 9.17) is 0 Å². The standard InChI is InChI=1S/C22H32O2/c1-12-8-14-9-16(24)4-5-17(14)18-6-7-21(3)19(20(12)18)10-15-11-22(15,21)13(2)23/h9,12-13,15,17-20,23H,4-8,10-11H2,1-3H3/t12-,13+,15-,17+,18-,19-,20-,21+,22-/m1/s1. The van der Waals surface area contributed by atoms with E-state index in [1.54, 1.807) is 0 Å². The highest BCUT2D eigenvalue weighted by Crippen LogP contribution is 2.81. The van der Waals surface area contributed by atoms with Crippen LogP contribution in [0, 0.1) is 46.3 Å². The molecule has 2 nitrogen and oxygen atoms in total. The van der Waals surface area contributed by atoms with Gasteiger partial charge in [0, 0.05) is 11.8 Å². The van der Waals surface area contributed by atoms with E-state index >= 15 is 0 Å². The summed E-state index contributed by atoms with van der Waals surface area (Å²) in [5.74, 6) is 4.96. The summed E-state index contributed by atoms with van der Waals surface area (Å²) in [7, 11) is 0. The van der Waals surface area contributed by atoms with Crippen LogP contribution in [0.2, 0.25) is 0 Å². The Morgan fingerprint density at radius 2 is 2.12 bits per heavy atom. The lowest BCUT2D eigenvalue weighted by Gasteiger charge is -2.58. The van der Waals surface area contributed by atoms with Gasteiger partial charge in [0.1, 0.15) is 0 Å². The zero-order valence-corrected chi connectivity index (χ0v) is 15.4. The first-order chi connectivity index (χ1) is 11.4. The van der Waals surface area contributed by atoms with Crippen molar-refractivity contribution in [2.45, 2.75) is 71.8 Å². The smallest absolute Gasteiger partial charge is 0.155 e. The minimum atomic E-state index is -0.143. The van der Waals surface area contributed by atoms with Gasteiger partial charge in [-0.15, -0.1) is 0 Å². The molecule has 0 spiro atoms. The topological polar surface area (TPSA) is 37.3 Å². The fraction of sp³-hybridized carbons (Fsp3) is 0.864. The van der Waals surface area contributed by atoms with E-state index in [9.17, 15) is 9.90 Å². The lowest BCUT2D eigenvalue weighted by Crippen LogP contribution is -2.52. The second-order valence-electron chi connectivity index (χ2n) is 10.2. The van der Waals surface area contributed by atoms with Crippen molar-refractivity contribution in [3.05, 3.63) is 11.6 Å². The van der Waals surface area contributed by atoms with Gasteiger partial charge in [-0.3, -0.25) is 4.79 Å². The molecule has 0 unspecified atom stereocenters. The fourth-order valence-corrected chi connectivity index (χ4v) is 8.56. The highest BCUT2D eigenvalue weighted by molar-refractivity contribution is 5.91. The van der Waals surface area contributed by atoms with Gasteiger partial charge in [-0.25, -0.2) is 0 Å². The van der Waals surface area contributed by atoms with Crippen molar-refractivity contribution >= 4 is 5.78 Å². The number of ketones is 1. The Labute approximate surface area is 146 Å². The summed E-state index contributed by atoms with van der Waals surface area (Å²) in [5, 5.41) is 10.6. The van der Waals surface area contributed by atoms with Gasteiger partial charge in [0.05, 0.1) is 6.10 Å². The average Bonchev–Trinajstić information content (AvgIpc) is 3.20. The third kappa shape index (κ3) is 1.69. The zero-order chi connectivity index (χ0) is 16.9. The molecule has 0 radical (unpaired) electrons. The van der Waals surface area contributed by atoms with Crippen molar-refractivity contribution < 1.29 is 9.90 Å². The molecule has 4 saturated carbocycles. The Balaban J connectivity index is 1.51. The molecule has 9 atom stereocenters. The molecule has 0 saturated heterocycles. The lowest BCUT2D eigenvalue weighted by atomic mass is 9.47. The average molecular weight is 328 g/mol. The molecule has 0 aromatic carbocycles. The second-order valence-corrected chi connectivity index (χ2v) is 10.2. The maximum atomic E-state index is 11.9. The van der Waals surface area contributed by atoms with Gasteiger partial charge in [0.15, 0.2) is 5.78 Å². The number of aliphatic hydroxyl groups is 1. The maximum Gasteiger partial charge on any atom is 0.155 e. The molecule has 24 heavy (non-hydrogen) atoms. The molecule has 2 heteroatoms. The number of fused-ring (bicyclic) bond motifs is 7. The predicted molar refractivity (Wildman–Crippen MR) is 94.2 cm³/mol. The summed E-state index contributed by atoms with van der Waals surface area (Å²) in [6.45, 7) is 7.02. The van der Waals surface area contributed by atoms with Gasteiger partial charge in [0.2, 0.25) is 0 Å². The molecule has 4 fully saturated rings.